The van der Waals surface area contributed by atoms with Gasteiger partial charge in [-0.1, -0.05) is 13.3 Å². The molecule has 0 spiro atoms. The van der Waals surface area contributed by atoms with E-state index in [9.17, 15) is 5.11 Å². The molecule has 19 heavy (non-hydrogen) atoms. The van der Waals surface area contributed by atoms with Crippen molar-refractivity contribution < 1.29 is 9.84 Å². The fourth-order valence-corrected chi connectivity index (χ4v) is 4.06. The van der Waals surface area contributed by atoms with E-state index in [1.54, 1.807) is 0 Å². The number of aliphatic hydroxyl groups excluding tert-OH is 1. The first-order valence-corrected chi connectivity index (χ1v) is 7.85. The lowest BCUT2D eigenvalue weighted by Crippen LogP contribution is -2.62. The van der Waals surface area contributed by atoms with Crippen molar-refractivity contribution in [2.75, 3.05) is 13.1 Å². The van der Waals surface area contributed by atoms with Crippen molar-refractivity contribution in [3.05, 3.63) is 0 Å². The Balaban J connectivity index is 2.10. The number of nitrogens with zero attached hydrogens (tertiary/aromatic N) is 1. The van der Waals surface area contributed by atoms with E-state index < -0.39 is 0 Å². The van der Waals surface area contributed by atoms with E-state index in [0.717, 1.165) is 31.8 Å². The second-order valence-corrected chi connectivity index (χ2v) is 7.75. The van der Waals surface area contributed by atoms with Crippen LogP contribution < -0.4 is 0 Å². The van der Waals surface area contributed by atoms with Crippen LogP contribution in [0.4, 0.5) is 0 Å². The standard InChI is InChI=1S/C16H31NO2/c1-6-12-7-8-14(18)13(9-12)17-10-15(2,3)19-16(4,5)11-17/h12-14,18H,6-11H2,1-5H3. The van der Waals surface area contributed by atoms with Gasteiger partial charge in [0.25, 0.3) is 0 Å². The molecular weight excluding hydrogens is 238 g/mol. The molecule has 1 saturated heterocycles. The minimum absolute atomic E-state index is 0.124. The first kappa shape index (κ1) is 15.3. The minimum Gasteiger partial charge on any atom is -0.391 e. The molecule has 1 aliphatic carbocycles. The molecular formula is C16H31NO2. The van der Waals surface area contributed by atoms with E-state index in [1.165, 1.54) is 12.8 Å². The molecule has 1 saturated carbocycles. The summed E-state index contributed by atoms with van der Waals surface area (Å²) < 4.78 is 6.15. The van der Waals surface area contributed by atoms with E-state index >= 15 is 0 Å². The average molecular weight is 269 g/mol. The molecule has 3 atom stereocenters. The maximum absolute atomic E-state index is 10.4. The Morgan fingerprint density at radius 1 is 1.11 bits per heavy atom. The number of aliphatic hydroxyl groups is 1. The van der Waals surface area contributed by atoms with Crippen molar-refractivity contribution in [2.24, 2.45) is 5.92 Å². The Kier molecular flexibility index (Phi) is 4.29. The average Bonchev–Trinajstić information content (AvgIpc) is 2.25. The van der Waals surface area contributed by atoms with Gasteiger partial charge in [-0.05, 0) is 52.9 Å². The number of hydrogen-bond acceptors (Lipinski definition) is 3. The summed E-state index contributed by atoms with van der Waals surface area (Å²) >= 11 is 0. The van der Waals surface area contributed by atoms with Gasteiger partial charge in [-0.2, -0.15) is 0 Å². The maximum atomic E-state index is 10.4. The highest BCUT2D eigenvalue weighted by Gasteiger charge is 2.43. The van der Waals surface area contributed by atoms with Crippen LogP contribution in [0.25, 0.3) is 0 Å². The van der Waals surface area contributed by atoms with Gasteiger partial charge in [-0.15, -0.1) is 0 Å². The Bertz CT molecular complexity index is 298. The van der Waals surface area contributed by atoms with Gasteiger partial charge >= 0.3 is 0 Å². The largest absolute Gasteiger partial charge is 0.391 e. The van der Waals surface area contributed by atoms with Crippen molar-refractivity contribution in [3.8, 4) is 0 Å². The smallest absolute Gasteiger partial charge is 0.0760 e. The van der Waals surface area contributed by atoms with Gasteiger partial charge in [0.2, 0.25) is 0 Å². The fourth-order valence-electron chi connectivity index (χ4n) is 4.06. The third kappa shape index (κ3) is 3.71. The highest BCUT2D eigenvalue weighted by molar-refractivity contribution is 4.95. The van der Waals surface area contributed by atoms with Gasteiger partial charge in [0.05, 0.1) is 17.3 Å². The summed E-state index contributed by atoms with van der Waals surface area (Å²) in [7, 11) is 0. The lowest BCUT2D eigenvalue weighted by molar-refractivity contribution is -0.197. The second kappa shape index (κ2) is 5.34. The molecule has 1 heterocycles. The zero-order valence-corrected chi connectivity index (χ0v) is 13.3. The summed E-state index contributed by atoms with van der Waals surface area (Å²) in [4.78, 5) is 2.48. The van der Waals surface area contributed by atoms with E-state index in [4.69, 9.17) is 4.74 Å². The maximum Gasteiger partial charge on any atom is 0.0760 e. The highest BCUT2D eigenvalue weighted by Crippen LogP contribution is 2.35. The molecule has 1 N–H and O–H groups in total. The molecule has 1 aliphatic heterocycles. The van der Waals surface area contributed by atoms with Crippen molar-refractivity contribution in [1.29, 1.82) is 0 Å². The van der Waals surface area contributed by atoms with Crippen molar-refractivity contribution >= 4 is 0 Å². The molecule has 3 nitrogen and oxygen atoms in total. The molecule has 0 radical (unpaired) electrons. The van der Waals surface area contributed by atoms with Crippen molar-refractivity contribution in [3.63, 3.8) is 0 Å². The van der Waals surface area contributed by atoms with Gasteiger partial charge in [0.1, 0.15) is 0 Å². The fraction of sp³-hybridized carbons (Fsp3) is 1.00. The first-order chi connectivity index (χ1) is 8.72. The van der Waals surface area contributed by atoms with E-state index in [2.05, 4.69) is 39.5 Å². The van der Waals surface area contributed by atoms with Crippen LogP contribution in [0.3, 0.4) is 0 Å². The number of hydrogen-bond donors (Lipinski definition) is 1. The van der Waals surface area contributed by atoms with Crippen LogP contribution in [0.1, 0.15) is 60.3 Å². The van der Waals surface area contributed by atoms with Crippen molar-refractivity contribution in [1.82, 2.24) is 4.90 Å². The number of ether oxygens (including phenoxy) is 1. The molecule has 2 fully saturated rings. The predicted octanol–water partition coefficient (Wildman–Crippen LogP) is 2.82. The van der Waals surface area contributed by atoms with Gasteiger partial charge in [0, 0.05) is 19.1 Å². The summed E-state index contributed by atoms with van der Waals surface area (Å²) in [6.07, 6.45) is 4.36. The third-order valence-electron chi connectivity index (χ3n) is 4.66. The molecule has 0 aromatic heterocycles. The molecule has 2 rings (SSSR count). The molecule has 3 heteroatoms. The van der Waals surface area contributed by atoms with Crippen LogP contribution in [0, 0.1) is 5.92 Å². The van der Waals surface area contributed by atoms with Gasteiger partial charge < -0.3 is 9.84 Å². The molecule has 0 amide bonds. The van der Waals surface area contributed by atoms with Crippen LogP contribution in [0.15, 0.2) is 0 Å². The van der Waals surface area contributed by atoms with Gasteiger partial charge in [-0.3, -0.25) is 4.90 Å². The molecule has 0 aromatic carbocycles. The van der Waals surface area contributed by atoms with Gasteiger partial charge in [0.15, 0.2) is 0 Å². The summed E-state index contributed by atoms with van der Waals surface area (Å²) in [6, 6.07) is 0.321. The van der Waals surface area contributed by atoms with E-state index in [1.807, 2.05) is 0 Å². The molecule has 0 aromatic rings. The van der Waals surface area contributed by atoms with Gasteiger partial charge in [-0.25, -0.2) is 0 Å². The molecule has 2 aliphatic rings. The van der Waals surface area contributed by atoms with Crippen molar-refractivity contribution in [2.45, 2.75) is 83.6 Å². The molecule has 0 bridgehead atoms. The van der Waals surface area contributed by atoms with Crippen LogP contribution in [-0.4, -0.2) is 46.4 Å². The first-order valence-electron chi connectivity index (χ1n) is 7.85. The Morgan fingerprint density at radius 3 is 2.21 bits per heavy atom. The Hall–Kier alpha value is -0.120. The zero-order valence-electron chi connectivity index (χ0n) is 13.3. The lowest BCUT2D eigenvalue weighted by Gasteiger charge is -2.52. The van der Waals surface area contributed by atoms with E-state index in [0.29, 0.717) is 6.04 Å². The topological polar surface area (TPSA) is 32.7 Å². The second-order valence-electron chi connectivity index (χ2n) is 7.75. The van der Waals surface area contributed by atoms with Crippen LogP contribution in [0.2, 0.25) is 0 Å². The van der Waals surface area contributed by atoms with Crippen LogP contribution >= 0.6 is 0 Å². The van der Waals surface area contributed by atoms with E-state index in [-0.39, 0.29) is 17.3 Å². The minimum atomic E-state index is -0.160. The summed E-state index contributed by atoms with van der Waals surface area (Å²) in [6.45, 7) is 12.8. The zero-order chi connectivity index (χ0) is 14.3. The SMILES string of the molecule is CCC1CCC(O)C(N2CC(C)(C)OC(C)(C)C2)C1. The summed E-state index contributed by atoms with van der Waals surface area (Å²) in [5.41, 5.74) is -0.249. The number of morpholine rings is 1. The summed E-state index contributed by atoms with van der Waals surface area (Å²) in [5.74, 6) is 0.780. The normalized spacial score (nSPS) is 39.2. The van der Waals surface area contributed by atoms with Crippen LogP contribution in [-0.2, 0) is 4.74 Å². The monoisotopic (exact) mass is 269 g/mol. The lowest BCUT2D eigenvalue weighted by atomic mass is 9.80. The molecule has 3 unspecified atom stereocenters. The molecule has 112 valence electrons. The Morgan fingerprint density at radius 2 is 1.68 bits per heavy atom. The third-order valence-corrected chi connectivity index (χ3v) is 4.66. The predicted molar refractivity (Wildman–Crippen MR) is 78.2 cm³/mol. The quantitative estimate of drug-likeness (QED) is 0.836. The van der Waals surface area contributed by atoms with Crippen LogP contribution in [0.5, 0.6) is 0 Å². The number of rotatable bonds is 2. The Labute approximate surface area is 118 Å². The summed E-state index contributed by atoms with van der Waals surface area (Å²) in [5, 5.41) is 10.4. The highest BCUT2D eigenvalue weighted by atomic mass is 16.5.